The lowest BCUT2D eigenvalue weighted by Crippen LogP contribution is -2.15. The average Bonchev–Trinajstić information content (AvgIpc) is 2.16. The number of carbonyl (C=O) groups excluding carboxylic acids is 1. The first-order chi connectivity index (χ1) is 6.99. The van der Waals surface area contributed by atoms with Crippen LogP contribution < -0.4 is 0 Å². The molecule has 6 heteroatoms. The molecule has 0 aromatic carbocycles. The lowest BCUT2D eigenvalue weighted by molar-refractivity contribution is -0.140. The summed E-state index contributed by atoms with van der Waals surface area (Å²) >= 11 is 0. The Hall–Kier alpha value is -0.640. The standard InChI is InChI=1S/C9H17O5P/c1-4-8(15(11)12)13-5-6-14-9(10)7(2)3/h8,15H,2,4-6H2,1,3H3,(H,11,12). The van der Waals surface area contributed by atoms with E-state index in [9.17, 15) is 9.36 Å². The summed E-state index contributed by atoms with van der Waals surface area (Å²) in [6.45, 7) is 6.90. The fourth-order valence-corrected chi connectivity index (χ4v) is 1.42. The van der Waals surface area contributed by atoms with Crippen LogP contribution in [0.5, 0.6) is 0 Å². The second kappa shape index (κ2) is 7.63. The Bertz CT molecular complexity index is 251. The third-order valence-electron chi connectivity index (χ3n) is 1.63. The van der Waals surface area contributed by atoms with Gasteiger partial charge in [-0.3, -0.25) is 4.57 Å². The third kappa shape index (κ3) is 6.44. The zero-order valence-electron chi connectivity index (χ0n) is 8.99. The highest BCUT2D eigenvalue weighted by Crippen LogP contribution is 2.25. The van der Waals surface area contributed by atoms with Crippen molar-refractivity contribution in [2.45, 2.75) is 26.1 Å². The lowest BCUT2D eigenvalue weighted by Gasteiger charge is -2.12. The molecular formula is C9H17O5P. The van der Waals surface area contributed by atoms with Crippen molar-refractivity contribution in [1.82, 2.24) is 0 Å². The Morgan fingerprint density at radius 1 is 1.53 bits per heavy atom. The smallest absolute Gasteiger partial charge is 0.333 e. The molecule has 5 nitrogen and oxygen atoms in total. The first-order valence-electron chi connectivity index (χ1n) is 4.66. The molecule has 0 heterocycles. The summed E-state index contributed by atoms with van der Waals surface area (Å²) in [7, 11) is -2.67. The minimum absolute atomic E-state index is 0.0668. The summed E-state index contributed by atoms with van der Waals surface area (Å²) in [5.41, 5.74) is 0.317. The molecule has 0 aromatic heterocycles. The molecule has 0 saturated heterocycles. The van der Waals surface area contributed by atoms with Crippen LogP contribution in [0.2, 0.25) is 0 Å². The number of ether oxygens (including phenoxy) is 2. The summed E-state index contributed by atoms with van der Waals surface area (Å²) in [6, 6.07) is 0. The predicted molar refractivity (Wildman–Crippen MR) is 57.0 cm³/mol. The summed E-state index contributed by atoms with van der Waals surface area (Å²) < 4.78 is 20.5. The Morgan fingerprint density at radius 2 is 2.13 bits per heavy atom. The van der Waals surface area contributed by atoms with Gasteiger partial charge in [0.05, 0.1) is 6.61 Å². The van der Waals surface area contributed by atoms with Crippen molar-refractivity contribution in [3.05, 3.63) is 12.2 Å². The molecule has 0 aliphatic heterocycles. The van der Waals surface area contributed by atoms with E-state index < -0.39 is 19.8 Å². The molecule has 15 heavy (non-hydrogen) atoms. The molecule has 0 fully saturated rings. The second-order valence-electron chi connectivity index (χ2n) is 3.02. The third-order valence-corrected chi connectivity index (χ3v) is 2.76. The van der Waals surface area contributed by atoms with Gasteiger partial charge < -0.3 is 14.4 Å². The molecular weight excluding hydrogens is 219 g/mol. The van der Waals surface area contributed by atoms with Crippen molar-refractivity contribution in [3.63, 3.8) is 0 Å². The normalized spacial score (nSPS) is 14.3. The van der Waals surface area contributed by atoms with Gasteiger partial charge in [-0.2, -0.15) is 0 Å². The van der Waals surface area contributed by atoms with E-state index in [-0.39, 0.29) is 13.2 Å². The van der Waals surface area contributed by atoms with Gasteiger partial charge in [-0.05, 0) is 13.3 Å². The molecule has 0 aliphatic rings. The summed E-state index contributed by atoms with van der Waals surface area (Å²) in [4.78, 5) is 19.7. The van der Waals surface area contributed by atoms with Crippen LogP contribution in [0.25, 0.3) is 0 Å². The topological polar surface area (TPSA) is 72.8 Å². The largest absolute Gasteiger partial charge is 0.460 e. The maximum absolute atomic E-state index is 10.9. The summed E-state index contributed by atoms with van der Waals surface area (Å²) in [6.07, 6.45) is 0.461. The zero-order chi connectivity index (χ0) is 11.8. The molecule has 0 spiro atoms. The zero-order valence-corrected chi connectivity index (χ0v) is 9.99. The number of hydrogen-bond acceptors (Lipinski definition) is 4. The fraction of sp³-hybridized carbons (Fsp3) is 0.667. The molecule has 0 radical (unpaired) electrons. The van der Waals surface area contributed by atoms with E-state index in [4.69, 9.17) is 14.4 Å². The van der Waals surface area contributed by atoms with Crippen LogP contribution in [0, 0.1) is 0 Å². The van der Waals surface area contributed by atoms with Gasteiger partial charge >= 0.3 is 5.97 Å². The highest BCUT2D eigenvalue weighted by atomic mass is 31.1. The van der Waals surface area contributed by atoms with Crippen molar-refractivity contribution in [2.75, 3.05) is 13.2 Å². The summed E-state index contributed by atoms with van der Waals surface area (Å²) in [5.74, 6) is -1.14. The van der Waals surface area contributed by atoms with E-state index in [1.807, 2.05) is 0 Å². The Labute approximate surface area is 89.9 Å². The molecule has 1 N–H and O–H groups in total. The molecule has 2 unspecified atom stereocenters. The number of carbonyl (C=O) groups is 1. The van der Waals surface area contributed by atoms with Crippen molar-refractivity contribution < 1.29 is 23.7 Å². The minimum Gasteiger partial charge on any atom is -0.460 e. The number of hydrogen-bond donors (Lipinski definition) is 1. The van der Waals surface area contributed by atoms with E-state index in [0.29, 0.717) is 12.0 Å². The van der Waals surface area contributed by atoms with Crippen molar-refractivity contribution in [1.29, 1.82) is 0 Å². The first-order valence-corrected chi connectivity index (χ1v) is 6.09. The SMILES string of the molecule is C=C(C)C(=O)OCCOC(CC)[PH](=O)O. The van der Waals surface area contributed by atoms with Crippen molar-refractivity contribution in [2.24, 2.45) is 0 Å². The Kier molecular flexibility index (Phi) is 7.30. The molecule has 0 saturated carbocycles. The number of rotatable bonds is 7. The van der Waals surface area contributed by atoms with Crippen LogP contribution in [0.4, 0.5) is 0 Å². The van der Waals surface area contributed by atoms with Gasteiger partial charge in [0, 0.05) is 5.57 Å². The van der Waals surface area contributed by atoms with E-state index in [1.54, 1.807) is 13.8 Å². The minimum atomic E-state index is -2.67. The molecule has 0 aromatic rings. The predicted octanol–water partition coefficient (Wildman–Crippen LogP) is 1.33. The van der Waals surface area contributed by atoms with Crippen LogP contribution >= 0.6 is 8.03 Å². The van der Waals surface area contributed by atoms with Crippen LogP contribution in [0.1, 0.15) is 20.3 Å². The van der Waals surface area contributed by atoms with Gasteiger partial charge in [0.15, 0.2) is 0 Å². The van der Waals surface area contributed by atoms with Gasteiger partial charge in [0.1, 0.15) is 12.5 Å². The Balaban J connectivity index is 3.66. The van der Waals surface area contributed by atoms with Gasteiger partial charge in [-0.1, -0.05) is 13.5 Å². The van der Waals surface area contributed by atoms with Crippen molar-refractivity contribution >= 4 is 14.0 Å². The van der Waals surface area contributed by atoms with E-state index >= 15 is 0 Å². The van der Waals surface area contributed by atoms with Gasteiger partial charge in [0.25, 0.3) is 0 Å². The van der Waals surface area contributed by atoms with Crippen LogP contribution in [-0.4, -0.2) is 29.9 Å². The van der Waals surface area contributed by atoms with Crippen molar-refractivity contribution in [3.8, 4) is 0 Å². The van der Waals surface area contributed by atoms with E-state index in [1.165, 1.54) is 0 Å². The molecule has 0 aliphatic carbocycles. The maximum Gasteiger partial charge on any atom is 0.333 e. The van der Waals surface area contributed by atoms with Crippen LogP contribution in [0.3, 0.4) is 0 Å². The highest BCUT2D eigenvalue weighted by molar-refractivity contribution is 7.38. The second-order valence-corrected chi connectivity index (χ2v) is 4.34. The lowest BCUT2D eigenvalue weighted by atomic mass is 10.4. The highest BCUT2D eigenvalue weighted by Gasteiger charge is 2.12. The summed E-state index contributed by atoms with van der Waals surface area (Å²) in [5, 5.41) is 0. The van der Waals surface area contributed by atoms with Gasteiger partial charge in [0.2, 0.25) is 8.03 Å². The molecule has 0 rings (SSSR count). The number of esters is 1. The molecule has 2 atom stereocenters. The molecule has 88 valence electrons. The maximum atomic E-state index is 10.9. The Morgan fingerprint density at radius 3 is 2.53 bits per heavy atom. The molecule has 0 bridgehead atoms. The first kappa shape index (κ1) is 14.4. The fourth-order valence-electron chi connectivity index (χ4n) is 0.812. The van der Waals surface area contributed by atoms with E-state index in [0.717, 1.165) is 0 Å². The van der Waals surface area contributed by atoms with Gasteiger partial charge in [-0.25, -0.2) is 4.79 Å². The molecule has 0 amide bonds. The van der Waals surface area contributed by atoms with E-state index in [2.05, 4.69) is 6.58 Å². The van der Waals surface area contributed by atoms with Gasteiger partial charge in [-0.15, -0.1) is 0 Å². The van der Waals surface area contributed by atoms with Crippen LogP contribution in [-0.2, 0) is 18.8 Å². The quantitative estimate of drug-likeness (QED) is 0.312. The van der Waals surface area contributed by atoms with Crippen LogP contribution in [0.15, 0.2) is 12.2 Å². The average molecular weight is 236 g/mol. The monoisotopic (exact) mass is 236 g/mol.